The molecule has 0 bridgehead atoms. The Morgan fingerprint density at radius 2 is 2.33 bits per heavy atom. The van der Waals surface area contributed by atoms with E-state index in [-0.39, 0.29) is 5.91 Å². The van der Waals surface area contributed by atoms with Crippen LogP contribution in [0.4, 0.5) is 5.82 Å². The molecule has 1 amide bonds. The first-order chi connectivity index (χ1) is 8.67. The van der Waals surface area contributed by atoms with Crippen LogP contribution in [-0.2, 0) is 4.79 Å². The van der Waals surface area contributed by atoms with E-state index in [0.29, 0.717) is 35.1 Å². The fourth-order valence-corrected chi connectivity index (χ4v) is 2.02. The lowest BCUT2D eigenvalue weighted by Crippen LogP contribution is -2.27. The van der Waals surface area contributed by atoms with Gasteiger partial charge in [-0.15, -0.1) is 0 Å². The quantitative estimate of drug-likeness (QED) is 0.475. The van der Waals surface area contributed by atoms with E-state index in [1.54, 1.807) is 6.07 Å². The Morgan fingerprint density at radius 3 is 3.00 bits per heavy atom. The van der Waals surface area contributed by atoms with Crippen LogP contribution in [0.5, 0.6) is 0 Å². The van der Waals surface area contributed by atoms with Crippen LogP contribution >= 0.6 is 23.4 Å². The molecule has 0 saturated heterocycles. The normalized spacial score (nSPS) is 14.3. The molecule has 7 heteroatoms. The minimum absolute atomic E-state index is 0.0789. The van der Waals surface area contributed by atoms with E-state index in [2.05, 4.69) is 20.6 Å². The highest BCUT2D eigenvalue weighted by Gasteiger charge is 2.22. The predicted octanol–water partition coefficient (Wildman–Crippen LogP) is 1.93. The molecule has 1 aliphatic rings. The summed E-state index contributed by atoms with van der Waals surface area (Å²) in [4.78, 5) is 19.7. The number of carbonyl (C=O) groups is 1. The monoisotopic (exact) mass is 286 g/mol. The number of rotatable bonds is 6. The van der Waals surface area contributed by atoms with Gasteiger partial charge < -0.3 is 10.6 Å². The average Bonchev–Trinajstić information content (AvgIpc) is 3.12. The van der Waals surface area contributed by atoms with Gasteiger partial charge in [-0.1, -0.05) is 23.4 Å². The maximum atomic E-state index is 11.5. The molecule has 0 aliphatic heterocycles. The molecule has 0 spiro atoms. The van der Waals surface area contributed by atoms with Gasteiger partial charge in [-0.3, -0.25) is 4.79 Å². The summed E-state index contributed by atoms with van der Waals surface area (Å²) in [6.07, 6.45) is 4.54. The summed E-state index contributed by atoms with van der Waals surface area (Å²) in [5.74, 6) is 0.730. The van der Waals surface area contributed by atoms with Crippen molar-refractivity contribution in [1.82, 2.24) is 15.3 Å². The van der Waals surface area contributed by atoms with Crippen molar-refractivity contribution < 1.29 is 4.79 Å². The molecule has 0 atom stereocenters. The third-order valence-corrected chi connectivity index (χ3v) is 3.20. The lowest BCUT2D eigenvalue weighted by atomic mass is 10.4. The number of anilines is 1. The number of nitrogens with zero attached hydrogens (tertiary/aromatic N) is 2. The van der Waals surface area contributed by atoms with Crippen molar-refractivity contribution in [3.05, 3.63) is 11.2 Å². The van der Waals surface area contributed by atoms with Gasteiger partial charge in [0.05, 0.1) is 0 Å². The number of hydrogen-bond donors (Lipinski definition) is 2. The summed E-state index contributed by atoms with van der Waals surface area (Å²) in [6.45, 7) is 0.541. The van der Waals surface area contributed by atoms with Crippen molar-refractivity contribution in [1.29, 1.82) is 0 Å². The lowest BCUT2D eigenvalue weighted by Gasteiger charge is -2.07. The molecule has 0 radical (unpaired) electrons. The second-order valence-corrected chi connectivity index (χ2v) is 5.24. The highest BCUT2D eigenvalue weighted by Crippen LogP contribution is 2.19. The Labute approximate surface area is 115 Å². The van der Waals surface area contributed by atoms with Crippen molar-refractivity contribution in [2.75, 3.05) is 18.1 Å². The van der Waals surface area contributed by atoms with Crippen LogP contribution in [0.25, 0.3) is 0 Å². The lowest BCUT2D eigenvalue weighted by molar-refractivity contribution is -0.120. The Kier molecular flexibility index (Phi) is 4.66. The SMILES string of the molecule is CSc1nc(Cl)cc(NCCC(=O)NC2CC2)n1. The molecule has 1 fully saturated rings. The van der Waals surface area contributed by atoms with Crippen LogP contribution in [0.1, 0.15) is 19.3 Å². The Balaban J connectivity index is 1.78. The van der Waals surface area contributed by atoms with E-state index >= 15 is 0 Å². The first-order valence-electron chi connectivity index (χ1n) is 5.79. The third-order valence-electron chi connectivity index (χ3n) is 2.46. The van der Waals surface area contributed by atoms with Crippen molar-refractivity contribution in [2.24, 2.45) is 0 Å². The minimum Gasteiger partial charge on any atom is -0.369 e. The average molecular weight is 287 g/mol. The fraction of sp³-hybridized carbons (Fsp3) is 0.545. The van der Waals surface area contributed by atoms with Crippen molar-refractivity contribution in [3.8, 4) is 0 Å². The molecule has 1 aromatic rings. The van der Waals surface area contributed by atoms with E-state index in [0.717, 1.165) is 12.8 Å². The van der Waals surface area contributed by atoms with Crippen LogP contribution in [0.3, 0.4) is 0 Å². The molecule has 1 saturated carbocycles. The Bertz CT molecular complexity index is 439. The number of nitrogens with one attached hydrogen (secondary N) is 2. The van der Waals surface area contributed by atoms with Crippen LogP contribution in [0, 0.1) is 0 Å². The highest BCUT2D eigenvalue weighted by molar-refractivity contribution is 7.98. The summed E-state index contributed by atoms with van der Waals surface area (Å²) in [5.41, 5.74) is 0. The zero-order valence-corrected chi connectivity index (χ0v) is 11.6. The van der Waals surface area contributed by atoms with Crippen LogP contribution < -0.4 is 10.6 Å². The predicted molar refractivity (Wildman–Crippen MR) is 73.1 cm³/mol. The van der Waals surface area contributed by atoms with Gasteiger partial charge in [0.1, 0.15) is 11.0 Å². The molecule has 1 aromatic heterocycles. The summed E-state index contributed by atoms with van der Waals surface area (Å²) < 4.78 is 0. The zero-order valence-electron chi connectivity index (χ0n) is 10.1. The number of aromatic nitrogens is 2. The van der Waals surface area contributed by atoms with Crippen LogP contribution in [0.15, 0.2) is 11.2 Å². The standard InChI is InChI=1S/C11H15ClN4OS/c1-18-11-15-8(12)6-9(16-11)13-5-4-10(17)14-7-2-3-7/h6-7H,2-5H2,1H3,(H,14,17)(H,13,15,16). The number of hydrogen-bond acceptors (Lipinski definition) is 5. The number of amides is 1. The van der Waals surface area contributed by atoms with E-state index in [1.807, 2.05) is 6.26 Å². The fourth-order valence-electron chi connectivity index (χ4n) is 1.41. The molecule has 0 unspecified atom stereocenters. The van der Waals surface area contributed by atoms with Gasteiger partial charge in [-0.05, 0) is 19.1 Å². The van der Waals surface area contributed by atoms with Crippen molar-refractivity contribution in [2.45, 2.75) is 30.5 Å². The maximum absolute atomic E-state index is 11.5. The molecular formula is C11H15ClN4OS. The minimum atomic E-state index is 0.0789. The van der Waals surface area contributed by atoms with Gasteiger partial charge in [0, 0.05) is 25.1 Å². The Morgan fingerprint density at radius 1 is 1.56 bits per heavy atom. The highest BCUT2D eigenvalue weighted by atomic mass is 35.5. The van der Waals surface area contributed by atoms with E-state index in [4.69, 9.17) is 11.6 Å². The smallest absolute Gasteiger partial charge is 0.221 e. The van der Waals surface area contributed by atoms with Gasteiger partial charge in [-0.25, -0.2) is 9.97 Å². The van der Waals surface area contributed by atoms with Crippen molar-refractivity contribution >= 4 is 35.1 Å². The third kappa shape index (κ3) is 4.34. The second-order valence-electron chi connectivity index (χ2n) is 4.08. The number of carbonyl (C=O) groups excluding carboxylic acids is 1. The molecule has 2 rings (SSSR count). The topological polar surface area (TPSA) is 66.9 Å². The van der Waals surface area contributed by atoms with Crippen LogP contribution in [-0.4, -0.2) is 34.7 Å². The largest absolute Gasteiger partial charge is 0.369 e. The molecular weight excluding hydrogens is 272 g/mol. The second kappa shape index (κ2) is 6.24. The number of halogens is 1. The maximum Gasteiger partial charge on any atom is 0.221 e. The summed E-state index contributed by atoms with van der Waals surface area (Å²) in [6, 6.07) is 2.06. The summed E-state index contributed by atoms with van der Waals surface area (Å²) >= 11 is 7.29. The summed E-state index contributed by atoms with van der Waals surface area (Å²) in [5, 5.41) is 7.03. The first-order valence-corrected chi connectivity index (χ1v) is 7.39. The summed E-state index contributed by atoms with van der Waals surface area (Å²) in [7, 11) is 0. The molecule has 1 heterocycles. The van der Waals surface area contributed by atoms with Crippen molar-refractivity contribution in [3.63, 3.8) is 0 Å². The Hall–Kier alpha value is -1.01. The molecule has 98 valence electrons. The molecule has 2 N–H and O–H groups in total. The van der Waals surface area contributed by atoms with Crippen LogP contribution in [0.2, 0.25) is 5.15 Å². The molecule has 5 nitrogen and oxygen atoms in total. The first kappa shape index (κ1) is 13.4. The van der Waals surface area contributed by atoms with Gasteiger partial charge in [0.25, 0.3) is 0 Å². The van der Waals surface area contributed by atoms with E-state index < -0.39 is 0 Å². The number of thioether (sulfide) groups is 1. The van der Waals surface area contributed by atoms with E-state index in [9.17, 15) is 4.79 Å². The zero-order chi connectivity index (χ0) is 13.0. The molecule has 0 aromatic carbocycles. The van der Waals surface area contributed by atoms with E-state index in [1.165, 1.54) is 11.8 Å². The van der Waals surface area contributed by atoms with Gasteiger partial charge in [0.2, 0.25) is 5.91 Å². The van der Waals surface area contributed by atoms with Gasteiger partial charge in [0.15, 0.2) is 5.16 Å². The molecule has 18 heavy (non-hydrogen) atoms. The molecule has 1 aliphatic carbocycles. The van der Waals surface area contributed by atoms with Gasteiger partial charge >= 0.3 is 0 Å². The van der Waals surface area contributed by atoms with Gasteiger partial charge in [-0.2, -0.15) is 0 Å².